The van der Waals surface area contributed by atoms with Crippen molar-refractivity contribution in [1.82, 2.24) is 19.9 Å². The van der Waals surface area contributed by atoms with Gasteiger partial charge in [0.05, 0.1) is 41.7 Å². The molecule has 4 aliphatic rings. The summed E-state index contributed by atoms with van der Waals surface area (Å²) in [6.45, 7) is 1.38. The van der Waals surface area contributed by atoms with Crippen molar-refractivity contribution in [3.05, 3.63) is 51.9 Å². The van der Waals surface area contributed by atoms with Crippen LogP contribution in [0.25, 0.3) is 11.0 Å². The molecule has 2 saturated heterocycles. The van der Waals surface area contributed by atoms with Gasteiger partial charge in [0.25, 0.3) is 5.56 Å². The van der Waals surface area contributed by atoms with Gasteiger partial charge in [0.15, 0.2) is 0 Å². The van der Waals surface area contributed by atoms with Crippen LogP contribution in [-0.2, 0) is 29.5 Å². The highest BCUT2D eigenvalue weighted by Gasteiger charge is 2.49. The summed E-state index contributed by atoms with van der Waals surface area (Å²) in [6, 6.07) is 9.22. The summed E-state index contributed by atoms with van der Waals surface area (Å²) in [5.41, 5.74) is 3.81. The van der Waals surface area contributed by atoms with E-state index in [2.05, 4.69) is 20.6 Å². The lowest BCUT2D eigenvalue weighted by Gasteiger charge is -2.53. The van der Waals surface area contributed by atoms with Crippen LogP contribution in [-0.4, -0.2) is 51.9 Å². The maximum absolute atomic E-state index is 12.6. The van der Waals surface area contributed by atoms with Gasteiger partial charge in [-0.2, -0.15) is 0 Å². The van der Waals surface area contributed by atoms with Gasteiger partial charge in [-0.3, -0.25) is 4.79 Å². The van der Waals surface area contributed by atoms with Gasteiger partial charge in [-0.25, -0.2) is 14.8 Å². The molecule has 0 atom stereocenters. The van der Waals surface area contributed by atoms with Gasteiger partial charge in [0, 0.05) is 31.3 Å². The van der Waals surface area contributed by atoms with Crippen molar-refractivity contribution < 1.29 is 19.0 Å². The van der Waals surface area contributed by atoms with E-state index in [0.717, 1.165) is 66.5 Å². The molecule has 2 N–H and O–H groups in total. The summed E-state index contributed by atoms with van der Waals surface area (Å²) in [5.74, 6) is 0.550. The molecule has 1 aliphatic carbocycles. The van der Waals surface area contributed by atoms with E-state index in [4.69, 9.17) is 14.2 Å². The Morgan fingerprint density at radius 3 is 2.73 bits per heavy atom. The number of ether oxygens (including phenoxy) is 3. The van der Waals surface area contributed by atoms with Gasteiger partial charge in [-0.15, -0.1) is 0 Å². The number of nitrogens with one attached hydrogen (secondary N) is 2. The van der Waals surface area contributed by atoms with Crippen LogP contribution in [0.3, 0.4) is 0 Å². The second kappa shape index (κ2) is 9.11. The van der Waals surface area contributed by atoms with Crippen molar-refractivity contribution >= 4 is 22.7 Å². The molecule has 10 nitrogen and oxygen atoms in total. The fourth-order valence-electron chi connectivity index (χ4n) is 5.73. The third kappa shape index (κ3) is 4.44. The highest BCUT2D eigenvalue weighted by atomic mass is 16.5. The lowest BCUT2D eigenvalue weighted by Crippen LogP contribution is -2.61. The maximum atomic E-state index is 12.6. The Balaban J connectivity index is 1.11. The number of aryl methyl sites for hydroxylation is 2. The zero-order chi connectivity index (χ0) is 25.6. The number of esters is 1. The van der Waals surface area contributed by atoms with Gasteiger partial charge in [0.2, 0.25) is 11.8 Å². The van der Waals surface area contributed by atoms with E-state index >= 15 is 0 Å². The van der Waals surface area contributed by atoms with Crippen LogP contribution < -0.4 is 25.7 Å². The minimum Gasteiger partial charge on any atom is -0.481 e. The number of hydrogen-bond donors (Lipinski definition) is 2. The van der Waals surface area contributed by atoms with E-state index in [1.54, 1.807) is 30.9 Å². The maximum Gasteiger partial charge on any atom is 0.332 e. The Morgan fingerprint density at radius 1 is 1.14 bits per heavy atom. The monoisotopic (exact) mass is 505 g/mol. The molecule has 3 fully saturated rings. The second-order valence-corrected chi connectivity index (χ2v) is 10.4. The number of pyridine rings is 3. The van der Waals surface area contributed by atoms with Gasteiger partial charge in [-0.1, -0.05) is 0 Å². The Labute approximate surface area is 214 Å². The average molecular weight is 506 g/mol. The fraction of sp³-hybridized carbons (Fsp3) is 0.481. The van der Waals surface area contributed by atoms with Crippen LogP contribution in [0.4, 0.5) is 5.69 Å². The molecule has 3 aliphatic heterocycles. The molecule has 2 bridgehead atoms. The predicted molar refractivity (Wildman–Crippen MR) is 137 cm³/mol. The van der Waals surface area contributed by atoms with E-state index in [1.165, 1.54) is 0 Å². The van der Waals surface area contributed by atoms with Crippen molar-refractivity contribution in [3.63, 3.8) is 0 Å². The Morgan fingerprint density at radius 2 is 1.97 bits per heavy atom. The van der Waals surface area contributed by atoms with E-state index in [-0.39, 0.29) is 29.2 Å². The fourth-order valence-corrected chi connectivity index (χ4v) is 5.73. The molecule has 3 aromatic heterocycles. The molecule has 0 spiro atoms. The lowest BCUT2D eigenvalue weighted by atomic mass is 9.69. The largest absolute Gasteiger partial charge is 0.481 e. The molecule has 0 radical (unpaired) electrons. The molecule has 194 valence electrons. The molecule has 1 saturated carbocycles. The molecule has 7 rings (SSSR count). The molecule has 37 heavy (non-hydrogen) atoms. The molecule has 10 heteroatoms. The van der Waals surface area contributed by atoms with Crippen LogP contribution in [0, 0.1) is 0 Å². The van der Waals surface area contributed by atoms with Crippen molar-refractivity contribution in [2.75, 3.05) is 25.6 Å². The standard InChI is InChI=1S/C27H31N5O5/c1-32-20-5-6-21(35-2)31-24(20)17(13-22(32)33)7-8-27-11-9-26(10-12-27,16-36-27)29-14-18-3-4-19-25(30-18)37-23(34)15-28-19/h3-6,13,28-29H,7-12,14-16H2,1-2H3. The zero-order valence-corrected chi connectivity index (χ0v) is 21.1. The highest BCUT2D eigenvalue weighted by Crippen LogP contribution is 2.46. The summed E-state index contributed by atoms with van der Waals surface area (Å²) in [4.78, 5) is 33.3. The number of anilines is 1. The number of methoxy groups -OCH3 is 1. The van der Waals surface area contributed by atoms with Gasteiger partial charge >= 0.3 is 5.97 Å². The van der Waals surface area contributed by atoms with Crippen LogP contribution in [0.15, 0.2) is 35.1 Å². The number of nitrogens with zero attached hydrogens (tertiary/aromatic N) is 3. The molecule has 0 unspecified atom stereocenters. The van der Waals surface area contributed by atoms with E-state index < -0.39 is 0 Å². The minimum absolute atomic E-state index is 0.0373. The molecular weight excluding hydrogens is 474 g/mol. The van der Waals surface area contributed by atoms with Gasteiger partial charge in [-0.05, 0) is 62.3 Å². The summed E-state index contributed by atoms with van der Waals surface area (Å²) < 4.78 is 18.7. The van der Waals surface area contributed by atoms with E-state index in [0.29, 0.717) is 24.9 Å². The van der Waals surface area contributed by atoms with Crippen LogP contribution in [0.5, 0.6) is 11.8 Å². The Hall–Kier alpha value is -3.50. The lowest BCUT2D eigenvalue weighted by molar-refractivity contribution is -0.165. The van der Waals surface area contributed by atoms with Gasteiger partial charge in [0.1, 0.15) is 6.54 Å². The van der Waals surface area contributed by atoms with Crippen molar-refractivity contribution in [2.24, 2.45) is 7.05 Å². The number of carbonyl (C=O) groups excluding carboxylic acids is 1. The first-order chi connectivity index (χ1) is 17.9. The minimum atomic E-state index is -0.327. The van der Waals surface area contributed by atoms with Crippen molar-refractivity contribution in [2.45, 2.75) is 56.2 Å². The molecule has 6 heterocycles. The van der Waals surface area contributed by atoms with Crippen molar-refractivity contribution in [3.8, 4) is 11.8 Å². The molecule has 0 amide bonds. The smallest absolute Gasteiger partial charge is 0.332 e. The second-order valence-electron chi connectivity index (χ2n) is 10.4. The van der Waals surface area contributed by atoms with Gasteiger partial charge < -0.3 is 29.4 Å². The number of carbonyl (C=O) groups is 1. The first-order valence-corrected chi connectivity index (χ1v) is 12.7. The van der Waals surface area contributed by atoms with Crippen molar-refractivity contribution in [1.29, 1.82) is 0 Å². The molecule has 3 aromatic rings. The highest BCUT2D eigenvalue weighted by molar-refractivity contribution is 5.82. The third-order valence-corrected chi connectivity index (χ3v) is 8.17. The Bertz CT molecular complexity index is 1410. The van der Waals surface area contributed by atoms with E-state index in [1.807, 2.05) is 18.2 Å². The van der Waals surface area contributed by atoms with Crippen LogP contribution in [0.2, 0.25) is 0 Å². The normalized spacial score (nSPS) is 24.4. The topological polar surface area (TPSA) is 117 Å². The average Bonchev–Trinajstić information content (AvgIpc) is 2.93. The predicted octanol–water partition coefficient (Wildman–Crippen LogP) is 2.47. The van der Waals surface area contributed by atoms with Crippen LogP contribution in [0.1, 0.15) is 43.4 Å². The summed E-state index contributed by atoms with van der Waals surface area (Å²) in [7, 11) is 3.36. The first-order valence-electron chi connectivity index (χ1n) is 12.7. The Kier molecular flexibility index (Phi) is 5.88. The number of rotatable bonds is 7. The van der Waals surface area contributed by atoms with Crippen LogP contribution >= 0.6 is 0 Å². The first kappa shape index (κ1) is 23.9. The number of fused-ring (bicyclic) bond motifs is 5. The summed E-state index contributed by atoms with van der Waals surface area (Å²) in [5, 5.41) is 6.70. The SMILES string of the molecule is COc1ccc2c(n1)c(CCC13CCC(NCc4ccc5c(n4)OC(=O)CN5)(CC1)CO3)cc(=O)n2C. The summed E-state index contributed by atoms with van der Waals surface area (Å²) in [6.07, 6.45) is 5.50. The molecule has 0 aromatic carbocycles. The third-order valence-electron chi connectivity index (χ3n) is 8.17. The van der Waals surface area contributed by atoms with E-state index in [9.17, 15) is 9.59 Å². The zero-order valence-electron chi connectivity index (χ0n) is 21.1. The molecular formula is C27H31N5O5. The summed E-state index contributed by atoms with van der Waals surface area (Å²) >= 11 is 0. The number of aromatic nitrogens is 3. The quantitative estimate of drug-likeness (QED) is 0.467. The number of hydrogen-bond acceptors (Lipinski definition) is 9.